The fourth-order valence-electron chi connectivity index (χ4n) is 4.05. The molecule has 0 bridgehead atoms. The fraction of sp³-hybridized carbons (Fsp3) is 0. The molecule has 0 heterocycles. The molecule has 0 saturated heterocycles. The number of halogens is 2. The predicted molar refractivity (Wildman–Crippen MR) is 144 cm³/mol. The van der Waals surface area contributed by atoms with E-state index in [1.165, 1.54) is 44.5 Å². The van der Waals surface area contributed by atoms with Crippen molar-refractivity contribution in [1.29, 1.82) is 0 Å². The van der Waals surface area contributed by atoms with E-state index in [-0.39, 0.29) is 0 Å². The third-order valence-electron chi connectivity index (χ3n) is 5.64. The van der Waals surface area contributed by atoms with Gasteiger partial charge in [-0.05, 0) is 80.9 Å². The van der Waals surface area contributed by atoms with E-state index >= 15 is 0 Å². The van der Waals surface area contributed by atoms with Crippen molar-refractivity contribution in [1.82, 2.24) is 0 Å². The topological polar surface area (TPSA) is 0 Å². The first-order chi connectivity index (χ1) is 15.7. The van der Waals surface area contributed by atoms with Crippen molar-refractivity contribution in [2.75, 3.05) is 0 Å². The van der Waals surface area contributed by atoms with Crippen molar-refractivity contribution in [3.8, 4) is 44.5 Å². The lowest BCUT2D eigenvalue weighted by Gasteiger charge is -2.18. The zero-order chi connectivity index (χ0) is 21.9. The maximum atomic E-state index is 3.58. The third-order valence-corrected chi connectivity index (χ3v) is 6.70. The van der Waals surface area contributed by atoms with Crippen LogP contribution in [-0.2, 0) is 0 Å². The summed E-state index contributed by atoms with van der Waals surface area (Å²) in [7, 11) is 0. The van der Waals surface area contributed by atoms with Gasteiger partial charge in [-0.25, -0.2) is 0 Å². The standard InChI is InChI=1S/C30H20Br2/c31-25-15-11-23(12-16-25)29-20-30(24-13-17-26(32)18-14-24)28(22-9-5-2-6-10-22)19-27(29)21-7-3-1-4-8-21/h1-20H. The zero-order valence-electron chi connectivity index (χ0n) is 17.3. The molecule has 0 nitrogen and oxygen atoms in total. The van der Waals surface area contributed by atoms with Gasteiger partial charge in [-0.2, -0.15) is 0 Å². The van der Waals surface area contributed by atoms with E-state index in [9.17, 15) is 0 Å². The van der Waals surface area contributed by atoms with E-state index in [2.05, 4.69) is 153 Å². The highest BCUT2D eigenvalue weighted by Crippen LogP contribution is 2.42. The second-order valence-corrected chi connectivity index (χ2v) is 9.52. The summed E-state index contributed by atoms with van der Waals surface area (Å²) < 4.78 is 2.16. The van der Waals surface area contributed by atoms with Crippen molar-refractivity contribution in [2.45, 2.75) is 0 Å². The molecule has 0 amide bonds. The van der Waals surface area contributed by atoms with Crippen LogP contribution in [0.2, 0.25) is 0 Å². The lowest BCUT2D eigenvalue weighted by Crippen LogP contribution is -1.92. The summed E-state index contributed by atoms with van der Waals surface area (Å²) in [6.07, 6.45) is 0. The molecule has 0 N–H and O–H groups in total. The molecule has 0 saturated carbocycles. The summed E-state index contributed by atoms with van der Waals surface area (Å²) in [6, 6.07) is 43.1. The van der Waals surface area contributed by atoms with E-state index < -0.39 is 0 Å². The van der Waals surface area contributed by atoms with Crippen LogP contribution in [0.25, 0.3) is 44.5 Å². The number of rotatable bonds is 4. The van der Waals surface area contributed by atoms with Gasteiger partial charge in [-0.1, -0.05) is 117 Å². The van der Waals surface area contributed by atoms with Crippen LogP contribution in [0.15, 0.2) is 130 Å². The molecule has 0 aliphatic carbocycles. The van der Waals surface area contributed by atoms with Gasteiger partial charge in [0, 0.05) is 8.95 Å². The first kappa shape index (κ1) is 20.9. The molecule has 0 atom stereocenters. The van der Waals surface area contributed by atoms with Gasteiger partial charge in [-0.3, -0.25) is 0 Å². The van der Waals surface area contributed by atoms with Crippen LogP contribution in [0, 0.1) is 0 Å². The van der Waals surface area contributed by atoms with Crippen molar-refractivity contribution in [3.05, 3.63) is 130 Å². The first-order valence-corrected chi connectivity index (χ1v) is 12.1. The van der Waals surface area contributed by atoms with Crippen LogP contribution >= 0.6 is 31.9 Å². The molecule has 0 spiro atoms. The van der Waals surface area contributed by atoms with E-state index in [4.69, 9.17) is 0 Å². The average Bonchev–Trinajstić information content (AvgIpc) is 2.85. The molecular formula is C30H20Br2. The smallest absolute Gasteiger partial charge is 0.0175 e. The molecule has 0 fully saturated rings. The van der Waals surface area contributed by atoms with Crippen LogP contribution < -0.4 is 0 Å². The molecule has 5 aromatic rings. The molecule has 0 radical (unpaired) electrons. The molecule has 0 aliphatic rings. The molecule has 32 heavy (non-hydrogen) atoms. The van der Waals surface area contributed by atoms with Crippen molar-refractivity contribution in [2.24, 2.45) is 0 Å². The Balaban J connectivity index is 1.83. The highest BCUT2D eigenvalue weighted by molar-refractivity contribution is 9.10. The lowest BCUT2D eigenvalue weighted by molar-refractivity contribution is 1.53. The van der Waals surface area contributed by atoms with Gasteiger partial charge in [0.05, 0.1) is 0 Å². The Morgan fingerprint density at radius 1 is 0.312 bits per heavy atom. The van der Waals surface area contributed by atoms with E-state index in [0.29, 0.717) is 0 Å². The van der Waals surface area contributed by atoms with Crippen molar-refractivity contribution >= 4 is 31.9 Å². The van der Waals surface area contributed by atoms with Crippen molar-refractivity contribution in [3.63, 3.8) is 0 Å². The van der Waals surface area contributed by atoms with Crippen LogP contribution in [0.4, 0.5) is 0 Å². The molecule has 0 aliphatic heterocycles. The number of benzene rings is 5. The Bertz CT molecular complexity index is 1230. The average molecular weight is 540 g/mol. The summed E-state index contributed by atoms with van der Waals surface area (Å²) in [6.45, 7) is 0. The fourth-order valence-corrected chi connectivity index (χ4v) is 4.58. The molecule has 0 aromatic heterocycles. The summed E-state index contributed by atoms with van der Waals surface area (Å²) >= 11 is 7.15. The van der Waals surface area contributed by atoms with Crippen LogP contribution in [-0.4, -0.2) is 0 Å². The van der Waals surface area contributed by atoms with Gasteiger partial charge in [0.15, 0.2) is 0 Å². The second-order valence-electron chi connectivity index (χ2n) is 7.69. The quantitative estimate of drug-likeness (QED) is 0.213. The normalized spacial score (nSPS) is 10.8. The molecule has 2 heteroatoms. The maximum absolute atomic E-state index is 3.58. The third kappa shape index (κ3) is 4.34. The minimum absolute atomic E-state index is 1.08. The van der Waals surface area contributed by atoms with Gasteiger partial charge in [0.25, 0.3) is 0 Å². The zero-order valence-corrected chi connectivity index (χ0v) is 20.5. The van der Waals surface area contributed by atoms with E-state index in [1.807, 2.05) is 0 Å². The van der Waals surface area contributed by atoms with Gasteiger partial charge in [0.1, 0.15) is 0 Å². The first-order valence-electron chi connectivity index (χ1n) is 10.5. The van der Waals surface area contributed by atoms with E-state index in [0.717, 1.165) is 8.95 Å². The Hall–Kier alpha value is -2.94. The molecule has 5 aromatic carbocycles. The Morgan fingerprint density at radius 2 is 0.594 bits per heavy atom. The van der Waals surface area contributed by atoms with Crippen LogP contribution in [0.5, 0.6) is 0 Å². The van der Waals surface area contributed by atoms with E-state index in [1.54, 1.807) is 0 Å². The number of hydrogen-bond acceptors (Lipinski definition) is 0. The summed E-state index contributed by atoms with van der Waals surface area (Å²) in [5, 5.41) is 0. The number of hydrogen-bond donors (Lipinski definition) is 0. The molecular weight excluding hydrogens is 520 g/mol. The predicted octanol–water partition coefficient (Wildman–Crippen LogP) is 9.88. The van der Waals surface area contributed by atoms with Crippen molar-refractivity contribution < 1.29 is 0 Å². The largest absolute Gasteiger partial charge is 0.0622 e. The maximum Gasteiger partial charge on any atom is 0.0175 e. The summed E-state index contributed by atoms with van der Waals surface area (Å²) in [5.41, 5.74) is 9.73. The minimum atomic E-state index is 1.08. The highest BCUT2D eigenvalue weighted by atomic mass is 79.9. The Labute approximate surface area is 205 Å². The van der Waals surface area contributed by atoms with Gasteiger partial charge >= 0.3 is 0 Å². The Morgan fingerprint density at radius 3 is 0.906 bits per heavy atom. The second kappa shape index (κ2) is 9.28. The molecule has 154 valence electrons. The summed E-state index contributed by atoms with van der Waals surface area (Å²) in [5.74, 6) is 0. The Kier molecular flexibility index (Phi) is 6.07. The lowest BCUT2D eigenvalue weighted by atomic mass is 9.86. The highest BCUT2D eigenvalue weighted by Gasteiger charge is 2.16. The van der Waals surface area contributed by atoms with Crippen LogP contribution in [0.1, 0.15) is 0 Å². The molecule has 5 rings (SSSR count). The summed E-state index contributed by atoms with van der Waals surface area (Å²) in [4.78, 5) is 0. The van der Waals surface area contributed by atoms with Crippen LogP contribution in [0.3, 0.4) is 0 Å². The van der Waals surface area contributed by atoms with Gasteiger partial charge in [0.2, 0.25) is 0 Å². The monoisotopic (exact) mass is 538 g/mol. The SMILES string of the molecule is Brc1ccc(-c2cc(-c3ccc(Br)cc3)c(-c3ccccc3)cc2-c2ccccc2)cc1. The molecule has 0 unspecified atom stereocenters. The van der Waals surface area contributed by atoms with Gasteiger partial charge in [-0.15, -0.1) is 0 Å². The minimum Gasteiger partial charge on any atom is -0.0622 e. The van der Waals surface area contributed by atoms with Gasteiger partial charge < -0.3 is 0 Å².